The average Bonchev–Trinajstić information content (AvgIpc) is 3.15. The summed E-state index contributed by atoms with van der Waals surface area (Å²) in [5, 5.41) is 3.46. The van der Waals surface area contributed by atoms with Crippen LogP contribution < -0.4 is 10.9 Å². The fourth-order valence-corrected chi connectivity index (χ4v) is 11.7. The Morgan fingerprint density at radius 1 is 0.935 bits per heavy atom. The maximum atomic E-state index is 13.5. The van der Waals surface area contributed by atoms with Crippen LogP contribution in [0.3, 0.4) is 0 Å². The molecule has 0 saturated heterocycles. The van der Waals surface area contributed by atoms with Crippen LogP contribution in [0, 0.1) is 25.3 Å². The molecule has 0 radical (unpaired) electrons. The van der Waals surface area contributed by atoms with Gasteiger partial charge < -0.3 is 10.1 Å². The number of hydrogen-bond donors (Lipinski definition) is 1. The quantitative estimate of drug-likeness (QED) is 0.225. The molecule has 11 heteroatoms. The van der Waals surface area contributed by atoms with Crippen molar-refractivity contribution < 1.29 is 14.3 Å². The van der Waals surface area contributed by atoms with E-state index in [1.165, 1.54) is 11.9 Å². The molecule has 3 aromatic rings. The van der Waals surface area contributed by atoms with Gasteiger partial charge in [0, 0.05) is 32.4 Å². The number of ether oxygens (including phenoxy) is 1. The summed E-state index contributed by atoms with van der Waals surface area (Å²) in [7, 11) is 3.00. The molecule has 0 saturated carbocycles. The molecule has 1 unspecified atom stereocenters. The molecule has 0 fully saturated rings. The molecule has 0 aliphatic heterocycles. The molecule has 1 atom stereocenters. The van der Waals surface area contributed by atoms with Gasteiger partial charge in [0.1, 0.15) is 31.2 Å². The fourth-order valence-electron chi connectivity index (χ4n) is 6.51. The highest BCUT2D eigenvalue weighted by Crippen LogP contribution is 2.41. The topological polar surface area (TPSA) is 111 Å². The molecule has 0 spiro atoms. The second-order valence-electron chi connectivity index (χ2n) is 14.3. The van der Waals surface area contributed by atoms with E-state index in [-0.39, 0.29) is 11.4 Å². The highest BCUT2D eigenvalue weighted by Gasteiger charge is 2.41. The number of likely N-dealkylation sites (N-methyl/N-ethyl adjacent to an activating group) is 1. The molecule has 250 valence electrons. The molecule has 3 rings (SSSR count). The van der Waals surface area contributed by atoms with Crippen molar-refractivity contribution in [3.63, 3.8) is 0 Å². The van der Waals surface area contributed by atoms with Crippen molar-refractivity contribution >= 4 is 36.8 Å². The Hall–Kier alpha value is -3.91. The maximum Gasteiger partial charge on any atom is 0.410 e. The molecule has 3 heterocycles. The molecular weight excluding hydrogens is 597 g/mol. The number of carbonyl (C=O) groups is 2. The first-order valence-electron chi connectivity index (χ1n) is 16.0. The zero-order valence-electron chi connectivity index (χ0n) is 30.3. The molecule has 46 heavy (non-hydrogen) atoms. The third-order valence-electron chi connectivity index (χ3n) is 9.09. The summed E-state index contributed by atoms with van der Waals surface area (Å²) in [6.07, 6.45) is -0.602. The van der Waals surface area contributed by atoms with Crippen LogP contribution in [0.15, 0.2) is 16.9 Å². The van der Waals surface area contributed by atoms with Gasteiger partial charge >= 0.3 is 6.09 Å². The molecule has 10 nitrogen and oxygen atoms in total. The largest absolute Gasteiger partial charge is 0.444 e. The van der Waals surface area contributed by atoms with E-state index in [1.54, 1.807) is 45.5 Å². The number of pyridine rings is 2. The number of aryl methyl sites for hydroxylation is 3. The van der Waals surface area contributed by atoms with Crippen molar-refractivity contribution in [1.82, 2.24) is 24.2 Å². The van der Waals surface area contributed by atoms with E-state index in [0.29, 0.717) is 33.4 Å². The average molecular weight is 649 g/mol. The van der Waals surface area contributed by atoms with Crippen LogP contribution in [-0.2, 0) is 23.6 Å². The van der Waals surface area contributed by atoms with Gasteiger partial charge in [-0.3, -0.25) is 28.8 Å². The zero-order valence-corrected chi connectivity index (χ0v) is 31.3. The first kappa shape index (κ1) is 36.6. The van der Waals surface area contributed by atoms with Crippen LogP contribution in [-0.4, -0.2) is 63.0 Å². The lowest BCUT2D eigenvalue weighted by atomic mass is 10.0. The van der Waals surface area contributed by atoms with Crippen LogP contribution in [0.1, 0.15) is 86.3 Å². The molecular formula is C35H52N6O4Si. The summed E-state index contributed by atoms with van der Waals surface area (Å²) in [5.74, 6) is 3.29. The third kappa shape index (κ3) is 7.07. The Morgan fingerprint density at radius 2 is 1.50 bits per heavy atom. The van der Waals surface area contributed by atoms with Crippen LogP contribution in [0.25, 0.3) is 22.0 Å². The summed E-state index contributed by atoms with van der Waals surface area (Å²) < 4.78 is 8.85. The fraction of sp³-hybridized carbons (Fsp3) is 0.571. The summed E-state index contributed by atoms with van der Waals surface area (Å²) in [5.41, 5.74) is 8.32. The number of amides is 2. The minimum absolute atomic E-state index is 0.132. The lowest BCUT2D eigenvalue weighted by Crippen LogP contribution is -2.45. The first-order chi connectivity index (χ1) is 21.1. The molecule has 3 aromatic heterocycles. The van der Waals surface area contributed by atoms with E-state index < -0.39 is 31.7 Å². The number of rotatable bonds is 7. The maximum absolute atomic E-state index is 13.5. The van der Waals surface area contributed by atoms with Crippen molar-refractivity contribution in [2.75, 3.05) is 12.4 Å². The summed E-state index contributed by atoms with van der Waals surface area (Å²) >= 11 is 0. The molecule has 2 amide bonds. The monoisotopic (exact) mass is 648 g/mol. The van der Waals surface area contributed by atoms with Gasteiger partial charge in [-0.2, -0.15) is 0 Å². The highest BCUT2D eigenvalue weighted by atomic mass is 28.3. The summed E-state index contributed by atoms with van der Waals surface area (Å²) in [6, 6.07) is 2.84. The number of anilines is 1. The second kappa shape index (κ2) is 13.4. The summed E-state index contributed by atoms with van der Waals surface area (Å²) in [4.78, 5) is 50.2. The predicted molar refractivity (Wildman–Crippen MR) is 189 cm³/mol. The van der Waals surface area contributed by atoms with Crippen molar-refractivity contribution in [3.05, 3.63) is 39.6 Å². The Bertz CT molecular complexity index is 1750. The lowest BCUT2D eigenvalue weighted by Gasteiger charge is -2.38. The lowest BCUT2D eigenvalue weighted by molar-refractivity contribution is -0.120. The van der Waals surface area contributed by atoms with E-state index in [9.17, 15) is 14.4 Å². The summed E-state index contributed by atoms with van der Waals surface area (Å²) in [6.45, 7) is 24.3. The Kier molecular flexibility index (Phi) is 10.7. The smallest absolute Gasteiger partial charge is 0.410 e. The van der Waals surface area contributed by atoms with Gasteiger partial charge in [-0.25, -0.2) is 9.78 Å². The molecule has 0 aromatic carbocycles. The van der Waals surface area contributed by atoms with Gasteiger partial charge in [0.15, 0.2) is 0 Å². The van der Waals surface area contributed by atoms with Crippen molar-refractivity contribution in [2.45, 2.75) is 111 Å². The van der Waals surface area contributed by atoms with Crippen LogP contribution >= 0.6 is 0 Å². The Balaban J connectivity index is 2.26. The molecule has 0 bridgehead atoms. The van der Waals surface area contributed by atoms with Crippen LogP contribution in [0.2, 0.25) is 16.6 Å². The standard InChI is InChI=1S/C35H52N6O4Si/c1-20(2)46(21(3)4,22(5)6)17-16-27-18-26(29-23(7)36-24(8)30-31(29)40(14)41(15)33(30)43)19-28(37-27)38-32(42)25(9)39(13)34(44)45-35(10,11)12/h18-22,25H,1-15H3,(H,37,38,42). The van der Waals surface area contributed by atoms with Crippen LogP contribution in [0.4, 0.5) is 10.6 Å². The minimum atomic E-state index is -2.10. The van der Waals surface area contributed by atoms with Gasteiger partial charge in [0.2, 0.25) is 5.91 Å². The number of nitrogens with one attached hydrogen (secondary N) is 1. The minimum Gasteiger partial charge on any atom is -0.444 e. The SMILES string of the molecule is Cc1nc(C)c2c(=O)n(C)n(C)c2c1-c1cc(C#C[Si](C(C)C)(C(C)C)C(C)C)nc(NC(=O)C(C)N(C)C(=O)OC(C)(C)C)c1. The zero-order chi connectivity index (χ0) is 35.0. The number of carbonyl (C=O) groups excluding carboxylic acids is 2. The van der Waals surface area contributed by atoms with Gasteiger partial charge in [0.05, 0.1) is 16.6 Å². The Labute approximate surface area is 274 Å². The van der Waals surface area contributed by atoms with E-state index >= 15 is 0 Å². The predicted octanol–water partition coefficient (Wildman–Crippen LogP) is 6.71. The van der Waals surface area contributed by atoms with E-state index in [4.69, 9.17) is 14.7 Å². The first-order valence-corrected chi connectivity index (χ1v) is 18.2. The number of nitrogens with zero attached hydrogens (tertiary/aromatic N) is 5. The third-order valence-corrected chi connectivity index (χ3v) is 15.4. The van der Waals surface area contributed by atoms with Crippen molar-refractivity contribution in [2.24, 2.45) is 14.1 Å². The second-order valence-corrected chi connectivity index (χ2v) is 19.8. The molecule has 1 N–H and O–H groups in total. The number of fused-ring (bicyclic) bond motifs is 1. The van der Waals surface area contributed by atoms with Gasteiger partial charge in [0.25, 0.3) is 5.56 Å². The van der Waals surface area contributed by atoms with Crippen molar-refractivity contribution in [3.8, 4) is 22.6 Å². The van der Waals surface area contributed by atoms with E-state index in [0.717, 1.165) is 22.3 Å². The molecule has 0 aliphatic rings. The van der Waals surface area contributed by atoms with E-state index in [2.05, 4.69) is 58.3 Å². The van der Waals surface area contributed by atoms with Crippen LogP contribution in [0.5, 0.6) is 0 Å². The normalized spacial score (nSPS) is 12.8. The molecule has 0 aliphatic carbocycles. The highest BCUT2D eigenvalue weighted by molar-refractivity contribution is 6.90. The number of hydrogen-bond acceptors (Lipinski definition) is 6. The van der Waals surface area contributed by atoms with E-state index in [1.807, 2.05) is 31.6 Å². The van der Waals surface area contributed by atoms with Gasteiger partial charge in [-0.15, -0.1) is 5.54 Å². The Morgan fingerprint density at radius 3 is 2.02 bits per heavy atom. The van der Waals surface area contributed by atoms with Gasteiger partial charge in [-0.05, 0) is 75.9 Å². The number of aromatic nitrogens is 4. The van der Waals surface area contributed by atoms with Gasteiger partial charge in [-0.1, -0.05) is 47.5 Å². The van der Waals surface area contributed by atoms with Crippen molar-refractivity contribution in [1.29, 1.82) is 0 Å².